The highest BCUT2D eigenvalue weighted by atomic mass is 19.1. The number of aromatic nitrogens is 1. The summed E-state index contributed by atoms with van der Waals surface area (Å²) >= 11 is 0. The molecule has 5 heteroatoms. The van der Waals surface area contributed by atoms with Crippen LogP contribution in [0, 0.1) is 12.7 Å². The van der Waals surface area contributed by atoms with Crippen LogP contribution in [0.3, 0.4) is 0 Å². The monoisotopic (exact) mass is 312 g/mol. The van der Waals surface area contributed by atoms with Crippen LogP contribution in [0.25, 0.3) is 11.1 Å². The van der Waals surface area contributed by atoms with Gasteiger partial charge in [0.2, 0.25) is 5.91 Å². The van der Waals surface area contributed by atoms with Crippen LogP contribution in [0.5, 0.6) is 0 Å². The van der Waals surface area contributed by atoms with Crippen molar-refractivity contribution in [3.63, 3.8) is 0 Å². The van der Waals surface area contributed by atoms with E-state index >= 15 is 0 Å². The standard InChI is InChI=1S/C18H17FN2O2/c1-12-21-16-8-4-14(10-17(16)23-12)11-20-18(22)9-5-13-2-6-15(19)7-3-13/h2-4,6-8,10H,5,9,11H2,1H3,(H,20,22). The molecule has 0 unspecified atom stereocenters. The Morgan fingerprint density at radius 2 is 1.91 bits per heavy atom. The minimum absolute atomic E-state index is 0.0387. The van der Waals surface area contributed by atoms with Crippen molar-refractivity contribution in [2.24, 2.45) is 0 Å². The lowest BCUT2D eigenvalue weighted by Crippen LogP contribution is -2.22. The minimum Gasteiger partial charge on any atom is -0.441 e. The number of aryl methyl sites for hydroxylation is 2. The number of halogens is 1. The first-order valence-electron chi connectivity index (χ1n) is 7.47. The summed E-state index contributed by atoms with van der Waals surface area (Å²) in [5.41, 5.74) is 3.44. The second-order valence-electron chi connectivity index (χ2n) is 5.44. The summed E-state index contributed by atoms with van der Waals surface area (Å²) < 4.78 is 18.3. The maximum atomic E-state index is 12.8. The van der Waals surface area contributed by atoms with Crippen LogP contribution in [-0.4, -0.2) is 10.9 Å². The van der Waals surface area contributed by atoms with Crippen LogP contribution in [0.1, 0.15) is 23.4 Å². The predicted octanol–water partition coefficient (Wildman–Crippen LogP) is 3.52. The van der Waals surface area contributed by atoms with Gasteiger partial charge in [-0.15, -0.1) is 0 Å². The molecular weight excluding hydrogens is 295 g/mol. The fraction of sp³-hybridized carbons (Fsp3) is 0.222. The first-order valence-corrected chi connectivity index (χ1v) is 7.47. The summed E-state index contributed by atoms with van der Waals surface area (Å²) in [5, 5.41) is 2.88. The molecule has 0 aliphatic rings. The van der Waals surface area contributed by atoms with E-state index in [0.717, 1.165) is 22.2 Å². The molecule has 1 N–H and O–H groups in total. The van der Waals surface area contributed by atoms with Gasteiger partial charge in [-0.05, 0) is 41.8 Å². The first kappa shape index (κ1) is 15.2. The van der Waals surface area contributed by atoms with Gasteiger partial charge >= 0.3 is 0 Å². The van der Waals surface area contributed by atoms with Crippen molar-refractivity contribution in [1.82, 2.24) is 10.3 Å². The summed E-state index contributed by atoms with van der Waals surface area (Å²) in [6.07, 6.45) is 0.960. The maximum absolute atomic E-state index is 12.8. The highest BCUT2D eigenvalue weighted by molar-refractivity contribution is 5.77. The Morgan fingerprint density at radius 1 is 1.17 bits per heavy atom. The van der Waals surface area contributed by atoms with E-state index < -0.39 is 0 Å². The van der Waals surface area contributed by atoms with Gasteiger partial charge in [-0.1, -0.05) is 18.2 Å². The minimum atomic E-state index is -0.267. The van der Waals surface area contributed by atoms with Crippen molar-refractivity contribution in [3.8, 4) is 0 Å². The lowest BCUT2D eigenvalue weighted by atomic mass is 10.1. The van der Waals surface area contributed by atoms with Crippen LogP contribution in [0.15, 0.2) is 46.9 Å². The number of rotatable bonds is 5. The van der Waals surface area contributed by atoms with E-state index in [4.69, 9.17) is 4.42 Å². The Balaban J connectivity index is 1.52. The molecule has 3 aromatic rings. The highest BCUT2D eigenvalue weighted by Gasteiger charge is 2.06. The average molecular weight is 312 g/mol. The summed E-state index contributed by atoms with van der Waals surface area (Å²) in [7, 11) is 0. The van der Waals surface area contributed by atoms with Gasteiger partial charge in [-0.25, -0.2) is 9.37 Å². The Hall–Kier alpha value is -2.69. The number of nitrogens with zero attached hydrogens (tertiary/aromatic N) is 1. The molecule has 4 nitrogen and oxygen atoms in total. The molecular formula is C18H17FN2O2. The van der Waals surface area contributed by atoms with E-state index in [1.165, 1.54) is 12.1 Å². The van der Waals surface area contributed by atoms with Crippen molar-refractivity contribution >= 4 is 17.0 Å². The first-order chi connectivity index (χ1) is 11.1. The van der Waals surface area contributed by atoms with Crippen molar-refractivity contribution < 1.29 is 13.6 Å². The summed E-state index contributed by atoms with van der Waals surface area (Å²) in [5.74, 6) is 0.319. The Kier molecular flexibility index (Phi) is 4.37. The topological polar surface area (TPSA) is 55.1 Å². The second-order valence-corrected chi connectivity index (χ2v) is 5.44. The lowest BCUT2D eigenvalue weighted by molar-refractivity contribution is -0.121. The van der Waals surface area contributed by atoms with Gasteiger partial charge in [0, 0.05) is 19.9 Å². The zero-order chi connectivity index (χ0) is 16.2. The van der Waals surface area contributed by atoms with Crippen LogP contribution < -0.4 is 5.32 Å². The van der Waals surface area contributed by atoms with E-state index in [1.807, 2.05) is 18.2 Å². The zero-order valence-corrected chi connectivity index (χ0v) is 12.8. The summed E-state index contributed by atoms with van der Waals surface area (Å²) in [6, 6.07) is 11.9. The fourth-order valence-corrected chi connectivity index (χ4v) is 2.39. The highest BCUT2D eigenvalue weighted by Crippen LogP contribution is 2.16. The smallest absolute Gasteiger partial charge is 0.220 e. The third kappa shape index (κ3) is 3.94. The number of nitrogens with one attached hydrogen (secondary N) is 1. The Morgan fingerprint density at radius 3 is 2.70 bits per heavy atom. The largest absolute Gasteiger partial charge is 0.441 e. The fourth-order valence-electron chi connectivity index (χ4n) is 2.39. The van der Waals surface area contributed by atoms with Gasteiger partial charge in [-0.3, -0.25) is 4.79 Å². The number of amides is 1. The SMILES string of the molecule is Cc1nc2ccc(CNC(=O)CCc3ccc(F)cc3)cc2o1. The Labute approximate surface area is 133 Å². The van der Waals surface area contributed by atoms with Gasteiger partial charge in [-0.2, -0.15) is 0 Å². The van der Waals surface area contributed by atoms with Crippen molar-refractivity contribution in [3.05, 3.63) is 65.3 Å². The molecule has 2 aromatic carbocycles. The Bertz CT molecular complexity index is 825. The van der Waals surface area contributed by atoms with Gasteiger partial charge in [0.1, 0.15) is 11.3 Å². The van der Waals surface area contributed by atoms with E-state index in [2.05, 4.69) is 10.3 Å². The lowest BCUT2D eigenvalue weighted by Gasteiger charge is -2.05. The third-order valence-corrected chi connectivity index (χ3v) is 3.60. The number of hydrogen-bond acceptors (Lipinski definition) is 3. The second kappa shape index (κ2) is 6.60. The number of hydrogen-bond donors (Lipinski definition) is 1. The summed E-state index contributed by atoms with van der Waals surface area (Å²) in [6.45, 7) is 2.24. The average Bonchev–Trinajstić information content (AvgIpc) is 2.91. The van der Waals surface area contributed by atoms with E-state index in [-0.39, 0.29) is 11.7 Å². The van der Waals surface area contributed by atoms with Crippen molar-refractivity contribution in [2.75, 3.05) is 0 Å². The molecule has 1 amide bonds. The molecule has 0 saturated heterocycles. The molecule has 0 aliphatic carbocycles. The van der Waals surface area contributed by atoms with Crippen LogP contribution in [-0.2, 0) is 17.8 Å². The molecule has 1 heterocycles. The summed E-state index contributed by atoms with van der Waals surface area (Å²) in [4.78, 5) is 16.1. The molecule has 0 saturated carbocycles. The molecule has 0 bridgehead atoms. The molecule has 0 radical (unpaired) electrons. The van der Waals surface area contributed by atoms with E-state index in [9.17, 15) is 9.18 Å². The number of carbonyl (C=O) groups is 1. The quantitative estimate of drug-likeness (QED) is 0.784. The molecule has 23 heavy (non-hydrogen) atoms. The van der Waals surface area contributed by atoms with Crippen molar-refractivity contribution in [1.29, 1.82) is 0 Å². The maximum Gasteiger partial charge on any atom is 0.220 e. The van der Waals surface area contributed by atoms with Crippen LogP contribution >= 0.6 is 0 Å². The number of fused-ring (bicyclic) bond motifs is 1. The van der Waals surface area contributed by atoms with Crippen LogP contribution in [0.2, 0.25) is 0 Å². The molecule has 1 aromatic heterocycles. The predicted molar refractivity (Wildman–Crippen MR) is 85.3 cm³/mol. The van der Waals surface area contributed by atoms with Gasteiger partial charge in [0.25, 0.3) is 0 Å². The third-order valence-electron chi connectivity index (χ3n) is 3.60. The van der Waals surface area contributed by atoms with E-state index in [1.54, 1.807) is 19.1 Å². The number of benzene rings is 2. The zero-order valence-electron chi connectivity index (χ0n) is 12.8. The number of oxazole rings is 1. The molecule has 3 rings (SSSR count). The van der Waals surface area contributed by atoms with Crippen molar-refractivity contribution in [2.45, 2.75) is 26.3 Å². The normalized spacial score (nSPS) is 10.9. The van der Waals surface area contributed by atoms with Gasteiger partial charge in [0.05, 0.1) is 0 Å². The molecule has 0 aliphatic heterocycles. The van der Waals surface area contributed by atoms with Gasteiger partial charge in [0.15, 0.2) is 11.5 Å². The van der Waals surface area contributed by atoms with Crippen LogP contribution in [0.4, 0.5) is 4.39 Å². The molecule has 0 fully saturated rings. The van der Waals surface area contributed by atoms with E-state index in [0.29, 0.717) is 25.3 Å². The molecule has 118 valence electrons. The van der Waals surface area contributed by atoms with Gasteiger partial charge < -0.3 is 9.73 Å². The number of carbonyl (C=O) groups excluding carboxylic acids is 1. The molecule has 0 atom stereocenters. The molecule has 0 spiro atoms.